The third-order valence-corrected chi connectivity index (χ3v) is 5.41. The summed E-state index contributed by atoms with van der Waals surface area (Å²) in [6.45, 7) is 12.2. The van der Waals surface area contributed by atoms with Crippen LogP contribution in [-0.4, -0.2) is 47.5 Å². The first kappa shape index (κ1) is 14.0. The van der Waals surface area contributed by atoms with E-state index >= 15 is 0 Å². The number of nitrogens with one attached hydrogen (secondary N) is 1. The van der Waals surface area contributed by atoms with E-state index in [9.17, 15) is 0 Å². The van der Waals surface area contributed by atoms with Crippen LogP contribution in [0.25, 0.3) is 0 Å². The Labute approximate surface area is 116 Å². The number of guanidine groups is 1. The van der Waals surface area contributed by atoms with Gasteiger partial charge in [-0.1, -0.05) is 20.8 Å². The third kappa shape index (κ3) is 3.56. The van der Waals surface area contributed by atoms with Crippen molar-refractivity contribution in [3.8, 4) is 0 Å². The average Bonchev–Trinajstić information content (AvgIpc) is 3.04. The van der Waals surface area contributed by atoms with E-state index in [1.165, 1.54) is 12.2 Å². The maximum absolute atomic E-state index is 4.68. The highest BCUT2D eigenvalue weighted by Gasteiger charge is 2.35. The summed E-state index contributed by atoms with van der Waals surface area (Å²) in [6, 6.07) is 0.669. The van der Waals surface area contributed by atoms with Gasteiger partial charge in [0.15, 0.2) is 5.96 Å². The fraction of sp³-hybridized carbons (Fsp3) is 0.929. The highest BCUT2D eigenvalue weighted by atomic mass is 32.2. The Balaban J connectivity index is 1.94. The maximum atomic E-state index is 4.68. The Kier molecular flexibility index (Phi) is 4.82. The quantitative estimate of drug-likeness (QED) is 0.630. The van der Waals surface area contributed by atoms with Crippen molar-refractivity contribution in [2.45, 2.75) is 45.4 Å². The van der Waals surface area contributed by atoms with Crippen molar-refractivity contribution < 1.29 is 0 Å². The van der Waals surface area contributed by atoms with Gasteiger partial charge in [-0.15, -0.1) is 0 Å². The number of hydrogen-bond acceptors (Lipinski definition) is 2. The lowest BCUT2D eigenvalue weighted by molar-refractivity contribution is 0.379. The second-order valence-corrected chi connectivity index (χ2v) is 7.21. The monoisotopic (exact) mass is 269 g/mol. The van der Waals surface area contributed by atoms with Crippen LogP contribution in [0, 0.1) is 11.8 Å². The summed E-state index contributed by atoms with van der Waals surface area (Å²) in [5.41, 5.74) is 0. The lowest BCUT2D eigenvalue weighted by Crippen LogP contribution is -2.49. The van der Waals surface area contributed by atoms with Crippen molar-refractivity contribution in [2.75, 3.05) is 25.4 Å². The summed E-state index contributed by atoms with van der Waals surface area (Å²) >= 11 is 2.12. The van der Waals surface area contributed by atoms with Gasteiger partial charge in [-0.05, 0) is 25.2 Å². The van der Waals surface area contributed by atoms with E-state index in [4.69, 9.17) is 0 Å². The Hall–Kier alpha value is -0.380. The normalized spacial score (nSPS) is 32.8. The fourth-order valence-corrected chi connectivity index (χ4v) is 3.65. The number of thioether (sulfide) groups is 1. The van der Waals surface area contributed by atoms with Crippen LogP contribution in [0.1, 0.15) is 34.1 Å². The molecule has 0 aromatic carbocycles. The molecule has 1 aliphatic heterocycles. The van der Waals surface area contributed by atoms with Crippen molar-refractivity contribution in [1.29, 1.82) is 0 Å². The first-order valence-corrected chi connectivity index (χ1v) is 8.34. The van der Waals surface area contributed by atoms with Crippen LogP contribution in [0.5, 0.6) is 0 Å². The molecule has 0 aromatic rings. The van der Waals surface area contributed by atoms with E-state index < -0.39 is 0 Å². The maximum Gasteiger partial charge on any atom is 0.194 e. The minimum absolute atomic E-state index is 0.669. The van der Waals surface area contributed by atoms with Crippen LogP contribution < -0.4 is 5.32 Å². The smallest absolute Gasteiger partial charge is 0.194 e. The second kappa shape index (κ2) is 6.18. The van der Waals surface area contributed by atoms with E-state index in [2.05, 4.69) is 54.7 Å². The Morgan fingerprint density at radius 3 is 2.78 bits per heavy atom. The van der Waals surface area contributed by atoms with Gasteiger partial charge in [-0.25, -0.2) is 0 Å². The molecule has 1 saturated carbocycles. The Bertz CT molecular complexity index is 303. The summed E-state index contributed by atoms with van der Waals surface area (Å²) in [4.78, 5) is 7.15. The molecule has 3 nitrogen and oxygen atoms in total. The highest BCUT2D eigenvalue weighted by Crippen LogP contribution is 2.30. The van der Waals surface area contributed by atoms with Gasteiger partial charge in [-0.3, -0.25) is 4.99 Å². The predicted octanol–water partition coefficient (Wildman–Crippen LogP) is 2.43. The van der Waals surface area contributed by atoms with Crippen LogP contribution in [0.2, 0.25) is 0 Å². The molecule has 0 amide bonds. The molecule has 1 saturated heterocycles. The Morgan fingerprint density at radius 1 is 1.50 bits per heavy atom. The van der Waals surface area contributed by atoms with Gasteiger partial charge >= 0.3 is 0 Å². The van der Waals surface area contributed by atoms with Crippen molar-refractivity contribution in [1.82, 2.24) is 10.2 Å². The number of aliphatic imine (C=N–C) groups is 1. The molecular formula is C14H27N3S. The molecule has 104 valence electrons. The zero-order chi connectivity index (χ0) is 13.1. The van der Waals surface area contributed by atoms with Crippen LogP contribution in [0.3, 0.4) is 0 Å². The molecule has 0 spiro atoms. The van der Waals surface area contributed by atoms with Crippen molar-refractivity contribution in [3.05, 3.63) is 0 Å². The van der Waals surface area contributed by atoms with Crippen LogP contribution in [0.15, 0.2) is 4.99 Å². The van der Waals surface area contributed by atoms with Crippen LogP contribution in [0.4, 0.5) is 0 Å². The zero-order valence-corrected chi connectivity index (χ0v) is 13.0. The number of nitrogens with zero attached hydrogens (tertiary/aromatic N) is 2. The topological polar surface area (TPSA) is 27.6 Å². The van der Waals surface area contributed by atoms with E-state index in [1.54, 1.807) is 0 Å². The molecule has 4 heteroatoms. The van der Waals surface area contributed by atoms with Crippen molar-refractivity contribution in [3.63, 3.8) is 0 Å². The van der Waals surface area contributed by atoms with Gasteiger partial charge in [0.25, 0.3) is 0 Å². The van der Waals surface area contributed by atoms with Crippen molar-refractivity contribution in [2.24, 2.45) is 16.8 Å². The average molecular weight is 269 g/mol. The predicted molar refractivity (Wildman–Crippen MR) is 81.3 cm³/mol. The molecule has 0 aromatic heterocycles. The SMILES string of the molecule is CCN=C(NC1CC1C)N1CCSC(C(C)C)C1. The molecule has 3 unspecified atom stereocenters. The van der Waals surface area contributed by atoms with E-state index in [-0.39, 0.29) is 0 Å². The van der Waals surface area contributed by atoms with E-state index in [0.717, 1.165) is 42.7 Å². The minimum atomic E-state index is 0.669. The summed E-state index contributed by atoms with van der Waals surface area (Å²) in [6.07, 6.45) is 1.30. The number of rotatable bonds is 3. The molecule has 0 radical (unpaired) electrons. The van der Waals surface area contributed by atoms with Gasteiger partial charge in [-0.2, -0.15) is 11.8 Å². The molecular weight excluding hydrogens is 242 g/mol. The fourth-order valence-electron chi connectivity index (χ4n) is 2.35. The molecule has 3 atom stereocenters. The van der Waals surface area contributed by atoms with Gasteiger partial charge in [0.2, 0.25) is 0 Å². The summed E-state index contributed by atoms with van der Waals surface area (Å²) in [5.74, 6) is 3.96. The largest absolute Gasteiger partial charge is 0.353 e. The van der Waals surface area contributed by atoms with Gasteiger partial charge in [0, 0.05) is 36.7 Å². The molecule has 1 aliphatic carbocycles. The molecule has 2 rings (SSSR count). The van der Waals surface area contributed by atoms with E-state index in [0.29, 0.717) is 6.04 Å². The summed E-state index contributed by atoms with van der Waals surface area (Å²) in [7, 11) is 0. The molecule has 0 bridgehead atoms. The molecule has 2 aliphatic rings. The third-order valence-electron chi connectivity index (χ3n) is 3.87. The first-order chi connectivity index (χ1) is 8.61. The minimum Gasteiger partial charge on any atom is -0.353 e. The summed E-state index contributed by atoms with van der Waals surface area (Å²) < 4.78 is 0. The molecule has 2 fully saturated rings. The van der Waals surface area contributed by atoms with Gasteiger partial charge in [0.05, 0.1) is 0 Å². The lowest BCUT2D eigenvalue weighted by atomic mass is 10.1. The molecule has 1 N–H and O–H groups in total. The van der Waals surface area contributed by atoms with Crippen LogP contribution >= 0.6 is 11.8 Å². The second-order valence-electron chi connectivity index (χ2n) is 5.86. The van der Waals surface area contributed by atoms with Crippen molar-refractivity contribution >= 4 is 17.7 Å². The standard InChI is InChI=1S/C14H27N3S/c1-5-15-14(16-12-8-11(12)4)17-6-7-18-13(9-17)10(2)3/h10-13H,5-9H2,1-4H3,(H,15,16). The van der Waals surface area contributed by atoms with E-state index in [1.807, 2.05) is 0 Å². The first-order valence-electron chi connectivity index (χ1n) is 7.29. The zero-order valence-electron chi connectivity index (χ0n) is 12.1. The number of hydrogen-bond donors (Lipinski definition) is 1. The molecule has 18 heavy (non-hydrogen) atoms. The summed E-state index contributed by atoms with van der Waals surface area (Å²) in [5, 5.41) is 4.39. The van der Waals surface area contributed by atoms with Gasteiger partial charge < -0.3 is 10.2 Å². The van der Waals surface area contributed by atoms with Crippen LogP contribution in [-0.2, 0) is 0 Å². The Morgan fingerprint density at radius 2 is 2.22 bits per heavy atom. The van der Waals surface area contributed by atoms with Gasteiger partial charge in [0.1, 0.15) is 0 Å². The molecule has 1 heterocycles. The highest BCUT2D eigenvalue weighted by molar-refractivity contribution is 8.00. The lowest BCUT2D eigenvalue weighted by Gasteiger charge is -2.36.